The topological polar surface area (TPSA) is 12.0 Å². The molecule has 1 aromatic carbocycles. The summed E-state index contributed by atoms with van der Waals surface area (Å²) in [5, 5.41) is 6.28. The van der Waals surface area contributed by atoms with E-state index in [0.29, 0.717) is 6.04 Å². The maximum absolute atomic E-state index is 6.07. The monoisotopic (exact) mass is 377 g/mol. The van der Waals surface area contributed by atoms with E-state index < -0.39 is 0 Å². The van der Waals surface area contributed by atoms with Gasteiger partial charge in [0.25, 0.3) is 0 Å². The molecule has 1 heterocycles. The van der Waals surface area contributed by atoms with Gasteiger partial charge in [-0.1, -0.05) is 17.7 Å². The summed E-state index contributed by atoms with van der Waals surface area (Å²) >= 11 is 10.2. The molecule has 1 aromatic heterocycles. The van der Waals surface area contributed by atoms with Crippen molar-refractivity contribution in [2.45, 2.75) is 12.5 Å². The molecule has 2 rings (SSSR count). The fourth-order valence-electron chi connectivity index (χ4n) is 1.78. The van der Waals surface area contributed by atoms with E-state index in [2.05, 4.69) is 57.6 Å². The number of nitrogens with one attached hydrogen (secondary N) is 1. The molecule has 4 heteroatoms. The highest BCUT2D eigenvalue weighted by molar-refractivity contribution is 14.1. The first-order valence-corrected chi connectivity index (χ1v) is 7.69. The van der Waals surface area contributed by atoms with Crippen molar-refractivity contribution >= 4 is 45.5 Å². The Hall–Kier alpha value is -0.100. The first kappa shape index (κ1) is 13.3. The molecule has 0 aliphatic rings. The minimum Gasteiger partial charge on any atom is -0.313 e. The number of thiophene rings is 1. The molecule has 1 nitrogen and oxygen atoms in total. The summed E-state index contributed by atoms with van der Waals surface area (Å²) in [5.41, 5.74) is 1.27. The van der Waals surface area contributed by atoms with Crippen LogP contribution in [0.2, 0.25) is 5.02 Å². The lowest BCUT2D eigenvalue weighted by Crippen LogP contribution is -2.19. The van der Waals surface area contributed by atoms with Crippen molar-refractivity contribution in [1.82, 2.24) is 5.32 Å². The molecule has 1 unspecified atom stereocenters. The van der Waals surface area contributed by atoms with E-state index in [1.165, 1.54) is 14.0 Å². The van der Waals surface area contributed by atoms with E-state index in [1.807, 2.05) is 13.1 Å². The Balaban J connectivity index is 2.25. The standard InChI is InChI=1S/C13H13ClINS/c1-16-13(8-10-3-2-6-17-10)11-7-9(14)4-5-12(11)15/h2-7,13,16H,8H2,1H3. The van der Waals surface area contributed by atoms with Crippen molar-refractivity contribution < 1.29 is 0 Å². The number of likely N-dealkylation sites (N-methyl/N-ethyl adjacent to an activating group) is 1. The number of halogens is 2. The van der Waals surface area contributed by atoms with Crippen LogP contribution in [0.25, 0.3) is 0 Å². The van der Waals surface area contributed by atoms with Gasteiger partial charge >= 0.3 is 0 Å². The molecule has 2 aromatic rings. The van der Waals surface area contributed by atoms with Crippen molar-refractivity contribution in [3.05, 3.63) is 54.7 Å². The highest BCUT2D eigenvalue weighted by Gasteiger charge is 2.14. The maximum Gasteiger partial charge on any atom is 0.0410 e. The average molecular weight is 378 g/mol. The summed E-state index contributed by atoms with van der Waals surface area (Å²) in [4.78, 5) is 1.39. The molecule has 0 saturated carbocycles. The smallest absolute Gasteiger partial charge is 0.0410 e. The molecule has 0 fully saturated rings. The van der Waals surface area contributed by atoms with Crippen LogP contribution in [-0.2, 0) is 6.42 Å². The number of hydrogen-bond acceptors (Lipinski definition) is 2. The Morgan fingerprint density at radius 3 is 2.88 bits per heavy atom. The zero-order chi connectivity index (χ0) is 12.3. The van der Waals surface area contributed by atoms with Gasteiger partial charge < -0.3 is 5.32 Å². The molecule has 0 aliphatic heterocycles. The minimum atomic E-state index is 0.319. The first-order valence-electron chi connectivity index (χ1n) is 5.35. The van der Waals surface area contributed by atoms with Gasteiger partial charge in [0.2, 0.25) is 0 Å². The molecule has 0 saturated heterocycles. The van der Waals surface area contributed by atoms with E-state index in [9.17, 15) is 0 Å². The normalized spacial score (nSPS) is 12.6. The summed E-state index contributed by atoms with van der Waals surface area (Å²) in [6.07, 6.45) is 1.00. The average Bonchev–Trinajstić information content (AvgIpc) is 2.82. The minimum absolute atomic E-state index is 0.319. The summed E-state index contributed by atoms with van der Waals surface area (Å²) < 4.78 is 1.25. The van der Waals surface area contributed by atoms with E-state index in [4.69, 9.17) is 11.6 Å². The summed E-state index contributed by atoms with van der Waals surface area (Å²) in [7, 11) is 2.00. The van der Waals surface area contributed by atoms with Crippen LogP contribution in [0.1, 0.15) is 16.5 Å². The van der Waals surface area contributed by atoms with Crippen LogP contribution in [0, 0.1) is 3.57 Å². The van der Waals surface area contributed by atoms with Crippen LogP contribution < -0.4 is 5.32 Å². The molecular weight excluding hydrogens is 365 g/mol. The molecular formula is C13H13ClINS. The van der Waals surface area contributed by atoms with Crippen molar-refractivity contribution in [3.63, 3.8) is 0 Å². The predicted octanol–water partition coefficient (Wildman–Crippen LogP) is 4.51. The number of hydrogen-bond donors (Lipinski definition) is 1. The quantitative estimate of drug-likeness (QED) is 0.773. The third-order valence-electron chi connectivity index (χ3n) is 2.67. The Bertz CT molecular complexity index is 484. The molecule has 17 heavy (non-hydrogen) atoms. The second-order valence-corrected chi connectivity index (χ2v) is 6.42. The highest BCUT2D eigenvalue weighted by atomic mass is 127. The van der Waals surface area contributed by atoms with Crippen molar-refractivity contribution in [1.29, 1.82) is 0 Å². The second-order valence-electron chi connectivity index (χ2n) is 3.79. The largest absolute Gasteiger partial charge is 0.313 e. The Kier molecular flexibility index (Phi) is 4.85. The molecule has 0 bridgehead atoms. The van der Waals surface area contributed by atoms with Crippen LogP contribution >= 0.6 is 45.5 Å². The lowest BCUT2D eigenvalue weighted by atomic mass is 10.0. The summed E-state index contributed by atoms with van der Waals surface area (Å²) in [6.45, 7) is 0. The highest BCUT2D eigenvalue weighted by Crippen LogP contribution is 2.27. The van der Waals surface area contributed by atoms with E-state index in [0.717, 1.165) is 11.4 Å². The molecule has 0 spiro atoms. The number of benzene rings is 1. The number of rotatable bonds is 4. The van der Waals surface area contributed by atoms with Gasteiger partial charge in [-0.2, -0.15) is 0 Å². The van der Waals surface area contributed by atoms with Gasteiger partial charge in [-0.05, 0) is 64.8 Å². The molecule has 0 aliphatic carbocycles. The summed E-state index contributed by atoms with van der Waals surface area (Å²) in [6, 6.07) is 10.6. The van der Waals surface area contributed by atoms with Gasteiger partial charge in [0.15, 0.2) is 0 Å². The molecule has 0 radical (unpaired) electrons. The van der Waals surface area contributed by atoms with Gasteiger partial charge in [0.1, 0.15) is 0 Å². The maximum atomic E-state index is 6.07. The lowest BCUT2D eigenvalue weighted by Gasteiger charge is -2.17. The van der Waals surface area contributed by atoms with Crippen molar-refractivity contribution in [2.24, 2.45) is 0 Å². The van der Waals surface area contributed by atoms with Crippen LogP contribution in [-0.4, -0.2) is 7.05 Å². The Morgan fingerprint density at radius 2 is 2.24 bits per heavy atom. The van der Waals surface area contributed by atoms with Gasteiger partial charge in [-0.25, -0.2) is 0 Å². The molecule has 1 N–H and O–H groups in total. The van der Waals surface area contributed by atoms with Gasteiger partial charge in [0.05, 0.1) is 0 Å². The zero-order valence-electron chi connectivity index (χ0n) is 9.41. The van der Waals surface area contributed by atoms with Crippen LogP contribution in [0.4, 0.5) is 0 Å². The predicted molar refractivity (Wildman–Crippen MR) is 84.0 cm³/mol. The van der Waals surface area contributed by atoms with Crippen LogP contribution in [0.5, 0.6) is 0 Å². The van der Waals surface area contributed by atoms with Crippen LogP contribution in [0.15, 0.2) is 35.7 Å². The fraction of sp³-hybridized carbons (Fsp3) is 0.231. The van der Waals surface area contributed by atoms with Crippen molar-refractivity contribution in [3.8, 4) is 0 Å². The van der Waals surface area contributed by atoms with Gasteiger partial charge in [-0.15, -0.1) is 11.3 Å². The third kappa shape index (κ3) is 3.44. The van der Waals surface area contributed by atoms with E-state index >= 15 is 0 Å². The molecule has 0 amide bonds. The summed E-state index contributed by atoms with van der Waals surface area (Å²) in [5.74, 6) is 0. The Labute approximate surface area is 124 Å². The second kappa shape index (κ2) is 6.18. The zero-order valence-corrected chi connectivity index (χ0v) is 13.1. The third-order valence-corrected chi connectivity index (χ3v) is 4.78. The molecule has 90 valence electrons. The van der Waals surface area contributed by atoms with Gasteiger partial charge in [-0.3, -0.25) is 0 Å². The Morgan fingerprint density at radius 1 is 1.41 bits per heavy atom. The first-order chi connectivity index (χ1) is 8.20. The lowest BCUT2D eigenvalue weighted by molar-refractivity contribution is 0.594. The fourth-order valence-corrected chi connectivity index (χ4v) is 3.42. The van der Waals surface area contributed by atoms with E-state index in [1.54, 1.807) is 11.3 Å². The van der Waals surface area contributed by atoms with E-state index in [-0.39, 0.29) is 0 Å². The SMILES string of the molecule is CNC(Cc1cccs1)c1cc(Cl)ccc1I. The van der Waals surface area contributed by atoms with Crippen LogP contribution in [0.3, 0.4) is 0 Å². The van der Waals surface area contributed by atoms with Gasteiger partial charge in [0, 0.05) is 25.9 Å². The van der Waals surface area contributed by atoms with Crippen molar-refractivity contribution in [2.75, 3.05) is 7.05 Å². The molecule has 1 atom stereocenters.